The number of hydrogen-bond donors (Lipinski definition) is 1. The highest BCUT2D eigenvalue weighted by Gasteiger charge is 2.40. The molecule has 0 saturated heterocycles. The second-order valence-corrected chi connectivity index (χ2v) is 6.77. The summed E-state index contributed by atoms with van der Waals surface area (Å²) in [4.78, 5) is 14.1. The largest absolute Gasteiger partial charge is 0.493 e. The molecule has 0 unspecified atom stereocenters. The molecule has 0 saturated carbocycles. The number of rotatable bonds is 3. The molecule has 1 N–H and O–H groups in total. The van der Waals surface area contributed by atoms with Crippen molar-refractivity contribution in [1.29, 1.82) is 0 Å². The maximum Gasteiger partial charge on any atom is 0.450 e. The lowest BCUT2D eigenvalue weighted by Gasteiger charge is -2.14. The fourth-order valence-electron chi connectivity index (χ4n) is 2.55. The van der Waals surface area contributed by atoms with Gasteiger partial charge in [-0.15, -0.1) is 6.42 Å². The SMILES string of the molecule is C#CC#CC#CC#CC#CC#CC#CC#CC#CC#CC#COc1ccc(-n2c(C(F)(F)F)nc(C=O)c2O)c(C)c1. The zero-order chi connectivity index (χ0) is 30.6. The molecule has 0 aliphatic heterocycles. The number of benzene rings is 1. The van der Waals surface area contributed by atoms with E-state index >= 15 is 0 Å². The molecule has 0 radical (unpaired) electrons. The molecule has 0 atom stereocenters. The Morgan fingerprint density at radius 3 is 1.67 bits per heavy atom. The molecule has 194 valence electrons. The summed E-state index contributed by atoms with van der Waals surface area (Å²) in [6, 6.07) is 3.96. The van der Waals surface area contributed by atoms with E-state index in [9.17, 15) is 23.1 Å². The normalized spacial score (nSPS) is 7.69. The van der Waals surface area contributed by atoms with E-state index in [-0.39, 0.29) is 23.3 Å². The van der Waals surface area contributed by atoms with Crippen LogP contribution >= 0.6 is 0 Å². The van der Waals surface area contributed by atoms with Crippen LogP contribution in [0.1, 0.15) is 21.9 Å². The number of hydrogen-bond acceptors (Lipinski definition) is 4. The molecule has 8 heteroatoms. The molecule has 1 heterocycles. The van der Waals surface area contributed by atoms with Crippen LogP contribution in [0.5, 0.6) is 11.6 Å². The first kappa shape index (κ1) is 30.9. The second kappa shape index (κ2) is 16.5. The number of carbonyl (C=O) groups is 1. The van der Waals surface area contributed by atoms with E-state index in [0.29, 0.717) is 4.57 Å². The molecular weight excluding hydrogens is 541 g/mol. The standard InChI is InChI=1S/C34H9F3N2O3/c1-3-4-5-6-7-8-9-10-11-12-13-14-15-16-17-18-19-20-21-22-25-42-29-23-24-31(28(2)26-29)39-32(41)30(27-40)38-33(39)34(35,36)37/h1,23-24,26-27,41H,2H3. The fraction of sp³-hybridized carbons (Fsp3) is 0.0588. The number of terminal acetylenes is 1. The number of aldehydes is 1. The number of aromatic hydroxyl groups is 1. The lowest BCUT2D eigenvalue weighted by molar-refractivity contribution is -0.146. The molecule has 0 amide bonds. The number of nitrogens with zero attached hydrogens (tertiary/aromatic N) is 2. The summed E-state index contributed by atoms with van der Waals surface area (Å²) in [6.07, 6.45) is 2.35. The van der Waals surface area contributed by atoms with Gasteiger partial charge in [0.05, 0.1) is 5.69 Å². The van der Waals surface area contributed by atoms with Gasteiger partial charge in [0.15, 0.2) is 12.0 Å². The number of carbonyl (C=O) groups excluding carboxylic acids is 1. The van der Waals surface area contributed by atoms with Gasteiger partial charge in [-0.25, -0.2) is 4.98 Å². The number of alkyl halides is 3. The zero-order valence-electron chi connectivity index (χ0n) is 21.2. The molecule has 0 aliphatic carbocycles. The van der Waals surface area contributed by atoms with E-state index in [4.69, 9.17) is 11.2 Å². The van der Waals surface area contributed by atoms with E-state index in [2.05, 4.69) is 129 Å². The van der Waals surface area contributed by atoms with E-state index in [1.54, 1.807) is 0 Å². The minimum atomic E-state index is -4.91. The van der Waals surface area contributed by atoms with Gasteiger partial charge in [-0.2, -0.15) is 13.2 Å². The van der Waals surface area contributed by atoms with Gasteiger partial charge >= 0.3 is 6.18 Å². The molecule has 42 heavy (non-hydrogen) atoms. The Hall–Kier alpha value is -7.35. The summed E-state index contributed by atoms with van der Waals surface area (Å²) >= 11 is 0. The number of ether oxygens (including phenoxy) is 1. The molecule has 0 aliphatic rings. The third-order valence-corrected chi connectivity index (χ3v) is 4.07. The third kappa shape index (κ3) is 10.2. The van der Waals surface area contributed by atoms with Gasteiger partial charge < -0.3 is 9.84 Å². The van der Waals surface area contributed by atoms with Crippen LogP contribution in [0.25, 0.3) is 5.69 Å². The predicted octanol–water partition coefficient (Wildman–Crippen LogP) is 2.72. The number of aromatic nitrogens is 2. The number of halogens is 3. The minimum absolute atomic E-state index is 0.0311. The van der Waals surface area contributed by atoms with Crippen molar-refractivity contribution in [2.75, 3.05) is 0 Å². The lowest BCUT2D eigenvalue weighted by Crippen LogP contribution is -2.14. The Morgan fingerprint density at radius 1 is 0.810 bits per heavy atom. The van der Waals surface area contributed by atoms with Crippen molar-refractivity contribution in [2.24, 2.45) is 0 Å². The van der Waals surface area contributed by atoms with Gasteiger partial charge in [0.2, 0.25) is 11.7 Å². The van der Waals surface area contributed by atoms with Crippen LogP contribution < -0.4 is 4.74 Å². The first-order valence-corrected chi connectivity index (χ1v) is 10.9. The van der Waals surface area contributed by atoms with Gasteiger partial charge in [-0.05, 0) is 78.0 Å². The third-order valence-electron chi connectivity index (χ3n) is 4.07. The Labute approximate surface area is 240 Å². The fourth-order valence-corrected chi connectivity index (χ4v) is 2.55. The summed E-state index contributed by atoms with van der Waals surface area (Å²) < 4.78 is 45.7. The van der Waals surface area contributed by atoms with Gasteiger partial charge in [-0.1, -0.05) is 0 Å². The Balaban J connectivity index is 1.95. The molecule has 1 aromatic heterocycles. The molecule has 0 fully saturated rings. The van der Waals surface area contributed by atoms with Crippen molar-refractivity contribution >= 4 is 6.29 Å². The highest BCUT2D eigenvalue weighted by atomic mass is 19.4. The molecule has 5 nitrogen and oxygen atoms in total. The zero-order valence-corrected chi connectivity index (χ0v) is 21.2. The smallest absolute Gasteiger partial charge is 0.450 e. The monoisotopic (exact) mass is 550 g/mol. The summed E-state index contributed by atoms with van der Waals surface area (Å²) in [5, 5.41) is 10.1. The van der Waals surface area contributed by atoms with Crippen LogP contribution in [-0.4, -0.2) is 20.9 Å². The molecule has 2 aromatic rings. The van der Waals surface area contributed by atoms with Gasteiger partial charge in [0.1, 0.15) is 11.9 Å². The first-order chi connectivity index (χ1) is 20.3. The van der Waals surface area contributed by atoms with E-state index < -0.39 is 23.6 Å². The van der Waals surface area contributed by atoms with Crippen LogP contribution in [0.2, 0.25) is 0 Å². The summed E-state index contributed by atoms with van der Waals surface area (Å²) in [5.41, 5.74) is -0.515. The number of imidazole rings is 1. The van der Waals surface area contributed by atoms with Crippen molar-refractivity contribution < 1.29 is 27.8 Å². The van der Waals surface area contributed by atoms with Gasteiger partial charge in [0, 0.05) is 71.0 Å². The van der Waals surface area contributed by atoms with Gasteiger partial charge in [-0.3, -0.25) is 9.36 Å². The Bertz CT molecular complexity index is 2110. The number of aryl methyl sites for hydroxylation is 1. The van der Waals surface area contributed by atoms with Crippen LogP contribution in [0.15, 0.2) is 18.2 Å². The van der Waals surface area contributed by atoms with Crippen LogP contribution in [0.3, 0.4) is 0 Å². The summed E-state index contributed by atoms with van der Waals surface area (Å²) in [7, 11) is 0. The average molecular weight is 550 g/mol. The summed E-state index contributed by atoms with van der Waals surface area (Å²) in [5.74, 6) is 46.1. The maximum atomic E-state index is 13.3. The minimum Gasteiger partial charge on any atom is -0.493 e. The average Bonchev–Trinajstić information content (AvgIpc) is 3.30. The molecule has 0 bridgehead atoms. The van der Waals surface area contributed by atoms with Gasteiger partial charge in [0.25, 0.3) is 0 Å². The van der Waals surface area contributed by atoms with Crippen molar-refractivity contribution in [3.8, 4) is 148 Å². The quantitative estimate of drug-likeness (QED) is 0.472. The maximum absolute atomic E-state index is 13.3. The lowest BCUT2D eigenvalue weighted by atomic mass is 10.2. The first-order valence-electron chi connectivity index (χ1n) is 10.9. The molecule has 0 spiro atoms. The molecule has 2 rings (SSSR count). The molecule has 1 aromatic carbocycles. The second-order valence-electron chi connectivity index (χ2n) is 6.77. The van der Waals surface area contributed by atoms with Crippen molar-refractivity contribution in [2.45, 2.75) is 13.1 Å². The Morgan fingerprint density at radius 2 is 1.26 bits per heavy atom. The van der Waals surface area contributed by atoms with E-state index in [0.717, 1.165) is 0 Å². The van der Waals surface area contributed by atoms with E-state index in [1.165, 1.54) is 25.1 Å². The van der Waals surface area contributed by atoms with Crippen LogP contribution in [-0.2, 0) is 6.18 Å². The van der Waals surface area contributed by atoms with Crippen molar-refractivity contribution in [3.63, 3.8) is 0 Å². The molecular formula is C34H9F3N2O3. The highest BCUT2D eigenvalue weighted by Crippen LogP contribution is 2.36. The van der Waals surface area contributed by atoms with Crippen molar-refractivity contribution in [3.05, 3.63) is 35.3 Å². The van der Waals surface area contributed by atoms with Crippen LogP contribution in [0.4, 0.5) is 13.2 Å². The van der Waals surface area contributed by atoms with Crippen LogP contribution in [0, 0.1) is 138 Å². The Kier molecular flexibility index (Phi) is 12.1. The van der Waals surface area contributed by atoms with Crippen molar-refractivity contribution in [1.82, 2.24) is 9.55 Å². The predicted molar refractivity (Wildman–Crippen MR) is 148 cm³/mol. The topological polar surface area (TPSA) is 64.4 Å². The highest BCUT2D eigenvalue weighted by molar-refractivity contribution is 5.76. The summed E-state index contributed by atoms with van der Waals surface area (Å²) in [6.45, 7) is 1.48. The van der Waals surface area contributed by atoms with E-state index in [1.807, 2.05) is 0 Å².